The van der Waals surface area contributed by atoms with Gasteiger partial charge in [-0.05, 0) is 32.1 Å². The molecule has 0 saturated heterocycles. The van der Waals surface area contributed by atoms with E-state index in [0.29, 0.717) is 5.92 Å². The third kappa shape index (κ3) is 3.22. The SMILES string of the molecule is CCOC1(c2nc(C(OC)OC)cs2)CCCC(C)C1. The molecule has 2 rings (SSSR count). The molecule has 114 valence electrons. The van der Waals surface area contributed by atoms with E-state index < -0.39 is 0 Å². The number of hydrogen-bond acceptors (Lipinski definition) is 5. The maximum absolute atomic E-state index is 6.15. The molecule has 0 radical (unpaired) electrons. The summed E-state index contributed by atoms with van der Waals surface area (Å²) >= 11 is 1.66. The minimum absolute atomic E-state index is 0.207. The Kier molecular flexibility index (Phi) is 5.55. The number of nitrogens with zero attached hydrogens (tertiary/aromatic N) is 1. The Labute approximate surface area is 125 Å². The molecule has 0 aliphatic heterocycles. The molecular weight excluding hydrogens is 274 g/mol. The number of rotatable bonds is 6. The summed E-state index contributed by atoms with van der Waals surface area (Å²) in [4.78, 5) is 4.74. The van der Waals surface area contributed by atoms with Crippen LogP contribution >= 0.6 is 11.3 Å². The van der Waals surface area contributed by atoms with Crippen LogP contribution in [0.4, 0.5) is 0 Å². The van der Waals surface area contributed by atoms with Crippen molar-refractivity contribution in [3.63, 3.8) is 0 Å². The summed E-state index contributed by atoms with van der Waals surface area (Å²) in [6, 6.07) is 0. The van der Waals surface area contributed by atoms with E-state index in [1.165, 1.54) is 12.8 Å². The van der Waals surface area contributed by atoms with Crippen molar-refractivity contribution in [1.29, 1.82) is 0 Å². The van der Waals surface area contributed by atoms with Gasteiger partial charge in [0, 0.05) is 26.2 Å². The fourth-order valence-electron chi connectivity index (χ4n) is 3.11. The van der Waals surface area contributed by atoms with Crippen molar-refractivity contribution in [2.75, 3.05) is 20.8 Å². The lowest BCUT2D eigenvalue weighted by molar-refractivity contribution is -0.109. The van der Waals surface area contributed by atoms with Gasteiger partial charge in [0.2, 0.25) is 6.29 Å². The molecule has 4 nitrogen and oxygen atoms in total. The van der Waals surface area contributed by atoms with Crippen LogP contribution in [0.1, 0.15) is 56.5 Å². The topological polar surface area (TPSA) is 40.6 Å². The molecular formula is C15H25NO3S. The molecule has 2 unspecified atom stereocenters. The largest absolute Gasteiger partial charge is 0.368 e. The van der Waals surface area contributed by atoms with Crippen molar-refractivity contribution in [1.82, 2.24) is 4.98 Å². The minimum atomic E-state index is -0.389. The minimum Gasteiger partial charge on any atom is -0.368 e. The van der Waals surface area contributed by atoms with Crippen LogP contribution in [-0.4, -0.2) is 25.8 Å². The molecule has 0 bridgehead atoms. The molecule has 1 aliphatic rings. The predicted molar refractivity (Wildman–Crippen MR) is 79.8 cm³/mol. The molecule has 0 amide bonds. The molecule has 1 fully saturated rings. The number of thiazole rings is 1. The summed E-state index contributed by atoms with van der Waals surface area (Å²) in [7, 11) is 3.27. The second-order valence-electron chi connectivity index (χ2n) is 5.51. The third-order valence-electron chi connectivity index (χ3n) is 3.96. The zero-order chi connectivity index (χ0) is 14.6. The molecule has 2 atom stereocenters. The maximum atomic E-state index is 6.15. The van der Waals surface area contributed by atoms with Crippen LogP contribution in [0.25, 0.3) is 0 Å². The highest BCUT2D eigenvalue weighted by Gasteiger charge is 2.40. The van der Waals surface area contributed by atoms with Crippen molar-refractivity contribution in [2.24, 2.45) is 5.92 Å². The Balaban J connectivity index is 2.25. The first-order valence-electron chi connectivity index (χ1n) is 7.30. The average molecular weight is 299 g/mol. The van der Waals surface area contributed by atoms with Crippen LogP contribution in [0, 0.1) is 5.92 Å². The monoisotopic (exact) mass is 299 g/mol. The summed E-state index contributed by atoms with van der Waals surface area (Å²) in [5, 5.41) is 3.09. The van der Waals surface area contributed by atoms with E-state index in [1.54, 1.807) is 25.6 Å². The van der Waals surface area contributed by atoms with Crippen molar-refractivity contribution in [3.05, 3.63) is 16.1 Å². The second kappa shape index (κ2) is 6.98. The first kappa shape index (κ1) is 15.9. The van der Waals surface area contributed by atoms with Gasteiger partial charge in [0.1, 0.15) is 16.3 Å². The summed E-state index contributed by atoms with van der Waals surface area (Å²) in [5.74, 6) is 0.684. The van der Waals surface area contributed by atoms with E-state index in [9.17, 15) is 0 Å². The second-order valence-corrected chi connectivity index (χ2v) is 6.37. The van der Waals surface area contributed by atoms with Crippen molar-refractivity contribution < 1.29 is 14.2 Å². The van der Waals surface area contributed by atoms with Crippen molar-refractivity contribution in [3.8, 4) is 0 Å². The van der Waals surface area contributed by atoms with E-state index in [-0.39, 0.29) is 11.9 Å². The standard InChI is InChI=1S/C15H25NO3S/c1-5-19-15(8-6-7-11(2)9-15)14-16-12(10-20-14)13(17-3)18-4/h10-11,13H,5-9H2,1-4H3. The number of ether oxygens (including phenoxy) is 3. The fraction of sp³-hybridized carbons (Fsp3) is 0.800. The molecule has 1 heterocycles. The summed E-state index contributed by atoms with van der Waals surface area (Å²) in [6.45, 7) is 5.08. The van der Waals surface area contributed by atoms with E-state index in [1.807, 2.05) is 5.38 Å². The smallest absolute Gasteiger partial charge is 0.201 e. The summed E-state index contributed by atoms with van der Waals surface area (Å²) in [6.07, 6.45) is 4.21. The van der Waals surface area contributed by atoms with Gasteiger partial charge >= 0.3 is 0 Å². The highest BCUT2D eigenvalue weighted by Crippen LogP contribution is 2.44. The van der Waals surface area contributed by atoms with Gasteiger partial charge in [0.15, 0.2) is 0 Å². The summed E-state index contributed by atoms with van der Waals surface area (Å²) < 4.78 is 16.7. The molecule has 1 aromatic rings. The predicted octanol–water partition coefficient (Wildman–Crippen LogP) is 3.88. The first-order valence-corrected chi connectivity index (χ1v) is 8.18. The molecule has 0 aromatic carbocycles. The molecule has 20 heavy (non-hydrogen) atoms. The molecule has 0 spiro atoms. The Hall–Kier alpha value is -0.490. The fourth-order valence-corrected chi connectivity index (χ4v) is 4.12. The maximum Gasteiger partial charge on any atom is 0.201 e. The highest BCUT2D eigenvalue weighted by atomic mass is 32.1. The zero-order valence-electron chi connectivity index (χ0n) is 12.8. The normalized spacial score (nSPS) is 27.1. The number of hydrogen-bond donors (Lipinski definition) is 0. The van der Waals surface area contributed by atoms with Crippen LogP contribution in [0.15, 0.2) is 5.38 Å². The van der Waals surface area contributed by atoms with Gasteiger partial charge in [-0.25, -0.2) is 4.98 Å². The Morgan fingerprint density at radius 2 is 2.20 bits per heavy atom. The lowest BCUT2D eigenvalue weighted by atomic mass is 9.79. The Bertz CT molecular complexity index is 415. The van der Waals surface area contributed by atoms with Crippen molar-refractivity contribution in [2.45, 2.75) is 51.4 Å². The van der Waals surface area contributed by atoms with Crippen LogP contribution in [-0.2, 0) is 19.8 Å². The lowest BCUT2D eigenvalue weighted by Crippen LogP contribution is -2.35. The van der Waals surface area contributed by atoms with Crippen LogP contribution in [0.5, 0.6) is 0 Å². The van der Waals surface area contributed by atoms with E-state index in [4.69, 9.17) is 19.2 Å². The zero-order valence-corrected chi connectivity index (χ0v) is 13.7. The Morgan fingerprint density at radius 3 is 2.80 bits per heavy atom. The van der Waals surface area contributed by atoms with Crippen LogP contribution in [0.3, 0.4) is 0 Å². The van der Waals surface area contributed by atoms with Gasteiger partial charge in [0.25, 0.3) is 0 Å². The quantitative estimate of drug-likeness (QED) is 0.748. The van der Waals surface area contributed by atoms with Gasteiger partial charge in [-0.15, -0.1) is 11.3 Å². The number of methoxy groups -OCH3 is 2. The van der Waals surface area contributed by atoms with Crippen molar-refractivity contribution >= 4 is 11.3 Å². The van der Waals surface area contributed by atoms with E-state index in [0.717, 1.165) is 30.2 Å². The van der Waals surface area contributed by atoms with Crippen LogP contribution < -0.4 is 0 Å². The van der Waals surface area contributed by atoms with Gasteiger partial charge in [-0.1, -0.05) is 13.3 Å². The third-order valence-corrected chi connectivity index (χ3v) is 5.00. The van der Waals surface area contributed by atoms with Gasteiger partial charge < -0.3 is 14.2 Å². The Morgan fingerprint density at radius 1 is 1.45 bits per heavy atom. The number of aromatic nitrogens is 1. The van der Waals surface area contributed by atoms with Gasteiger partial charge in [-0.2, -0.15) is 0 Å². The van der Waals surface area contributed by atoms with Crippen LogP contribution in [0.2, 0.25) is 0 Å². The molecule has 1 aromatic heterocycles. The summed E-state index contributed by atoms with van der Waals surface area (Å²) in [5.41, 5.74) is 0.633. The average Bonchev–Trinajstić information content (AvgIpc) is 2.91. The van der Waals surface area contributed by atoms with E-state index in [2.05, 4.69) is 13.8 Å². The molecule has 1 saturated carbocycles. The van der Waals surface area contributed by atoms with E-state index >= 15 is 0 Å². The highest BCUT2D eigenvalue weighted by molar-refractivity contribution is 7.09. The van der Waals surface area contributed by atoms with Gasteiger partial charge in [-0.3, -0.25) is 0 Å². The first-order chi connectivity index (χ1) is 9.65. The van der Waals surface area contributed by atoms with Gasteiger partial charge in [0.05, 0.1) is 0 Å². The molecule has 1 aliphatic carbocycles. The molecule has 5 heteroatoms. The lowest BCUT2D eigenvalue weighted by Gasteiger charge is -2.38. The molecule has 0 N–H and O–H groups in total.